The smallest absolute Gasteiger partial charge is 0.328 e. The van der Waals surface area contributed by atoms with Gasteiger partial charge in [-0.2, -0.15) is 0 Å². The quantitative estimate of drug-likeness (QED) is 0.546. The van der Waals surface area contributed by atoms with Crippen LogP contribution < -0.4 is 5.73 Å². The number of fused-ring (bicyclic) bond motifs is 1. The third-order valence-electron chi connectivity index (χ3n) is 2.56. The van der Waals surface area contributed by atoms with Crippen LogP contribution in [0.25, 0.3) is 0 Å². The molecule has 66 valence electrons. The van der Waals surface area contributed by atoms with Gasteiger partial charge < -0.3 is 10.5 Å². The topological polar surface area (TPSA) is 52.3 Å². The number of rotatable bonds is 0. The molecule has 2 N–H and O–H groups in total. The third-order valence-corrected chi connectivity index (χ3v) is 2.56. The highest BCUT2D eigenvalue weighted by Gasteiger charge is 2.32. The molecule has 0 spiro atoms. The summed E-state index contributed by atoms with van der Waals surface area (Å²) in [6.07, 6.45) is 6.14. The number of carbonyl (C=O) groups excluding carboxylic acids is 1. The average molecular weight is 167 g/mol. The van der Waals surface area contributed by atoms with Crippen LogP contribution in [0.1, 0.15) is 25.7 Å². The van der Waals surface area contributed by atoms with Crippen molar-refractivity contribution in [3.8, 4) is 0 Å². The maximum absolute atomic E-state index is 11.1. The second kappa shape index (κ2) is 2.90. The fraction of sp³-hybridized carbons (Fsp3) is 0.667. The number of ether oxygens (including phenoxy) is 1. The maximum Gasteiger partial charge on any atom is 0.328 e. The van der Waals surface area contributed by atoms with Crippen molar-refractivity contribution < 1.29 is 9.53 Å². The molecule has 0 radical (unpaired) electrons. The third kappa shape index (κ3) is 1.25. The predicted molar refractivity (Wildman–Crippen MR) is 44.1 cm³/mol. The molecule has 1 saturated heterocycles. The van der Waals surface area contributed by atoms with E-state index in [1.807, 2.05) is 6.08 Å². The molecule has 0 bridgehead atoms. The molecule has 12 heavy (non-hydrogen) atoms. The SMILES string of the molecule is NC1CC2CCCC=C2OC1=O. The fourth-order valence-electron chi connectivity index (χ4n) is 1.87. The first-order valence-electron chi connectivity index (χ1n) is 4.44. The first-order chi connectivity index (χ1) is 5.77. The van der Waals surface area contributed by atoms with Crippen LogP contribution in [0.15, 0.2) is 11.8 Å². The van der Waals surface area contributed by atoms with Gasteiger partial charge in [0.25, 0.3) is 0 Å². The minimum atomic E-state index is -0.398. The van der Waals surface area contributed by atoms with Crippen LogP contribution in [0.4, 0.5) is 0 Å². The normalized spacial score (nSPS) is 35.1. The van der Waals surface area contributed by atoms with Gasteiger partial charge in [-0.25, -0.2) is 4.79 Å². The minimum absolute atomic E-state index is 0.264. The molecule has 0 aromatic rings. The van der Waals surface area contributed by atoms with Crippen molar-refractivity contribution in [2.75, 3.05) is 0 Å². The molecule has 1 heterocycles. The molecule has 1 aliphatic heterocycles. The molecular weight excluding hydrogens is 154 g/mol. The molecule has 0 aromatic carbocycles. The van der Waals surface area contributed by atoms with Crippen molar-refractivity contribution in [2.45, 2.75) is 31.7 Å². The Labute approximate surface area is 71.6 Å². The molecule has 0 aromatic heterocycles. The van der Waals surface area contributed by atoms with Gasteiger partial charge >= 0.3 is 5.97 Å². The van der Waals surface area contributed by atoms with Crippen molar-refractivity contribution >= 4 is 5.97 Å². The van der Waals surface area contributed by atoms with Crippen molar-refractivity contribution in [1.29, 1.82) is 0 Å². The van der Waals surface area contributed by atoms with Crippen LogP contribution in [0.2, 0.25) is 0 Å². The van der Waals surface area contributed by atoms with E-state index in [1.54, 1.807) is 0 Å². The van der Waals surface area contributed by atoms with Crippen LogP contribution in [-0.2, 0) is 9.53 Å². The highest BCUT2D eigenvalue weighted by atomic mass is 16.5. The highest BCUT2D eigenvalue weighted by molar-refractivity contribution is 5.77. The van der Waals surface area contributed by atoms with Crippen LogP contribution >= 0.6 is 0 Å². The Kier molecular flexibility index (Phi) is 1.89. The lowest BCUT2D eigenvalue weighted by Gasteiger charge is -2.30. The summed E-state index contributed by atoms with van der Waals surface area (Å²) < 4.78 is 5.10. The summed E-state index contributed by atoms with van der Waals surface area (Å²) in [6.45, 7) is 0. The number of nitrogens with two attached hydrogens (primary N) is 1. The first-order valence-corrected chi connectivity index (χ1v) is 4.44. The van der Waals surface area contributed by atoms with E-state index in [1.165, 1.54) is 6.42 Å². The van der Waals surface area contributed by atoms with Crippen LogP contribution in [-0.4, -0.2) is 12.0 Å². The summed E-state index contributed by atoms with van der Waals surface area (Å²) in [5.74, 6) is 1.01. The Balaban J connectivity index is 2.15. The molecule has 0 amide bonds. The van der Waals surface area contributed by atoms with Crippen molar-refractivity contribution in [3.63, 3.8) is 0 Å². The Bertz CT molecular complexity index is 235. The molecule has 3 nitrogen and oxygen atoms in total. The van der Waals surface area contributed by atoms with Crippen LogP contribution in [0, 0.1) is 5.92 Å². The largest absolute Gasteiger partial charge is 0.430 e. The number of carbonyl (C=O) groups is 1. The molecule has 1 aliphatic carbocycles. The molecule has 2 rings (SSSR count). The Morgan fingerprint density at radius 3 is 3.25 bits per heavy atom. The van der Waals surface area contributed by atoms with Gasteiger partial charge in [0.05, 0.1) is 0 Å². The zero-order valence-corrected chi connectivity index (χ0v) is 6.95. The standard InChI is InChI=1S/C9H13NO2/c10-7-5-6-3-1-2-4-8(6)12-9(7)11/h4,6-7H,1-3,5,10H2. The number of hydrogen-bond donors (Lipinski definition) is 1. The molecule has 1 fully saturated rings. The van der Waals surface area contributed by atoms with Gasteiger partial charge in [0.1, 0.15) is 11.8 Å². The van der Waals surface area contributed by atoms with Gasteiger partial charge in [0.2, 0.25) is 0 Å². The zero-order valence-electron chi connectivity index (χ0n) is 6.95. The summed E-state index contributed by atoms with van der Waals surface area (Å²) in [5.41, 5.74) is 5.58. The summed E-state index contributed by atoms with van der Waals surface area (Å²) >= 11 is 0. The fourth-order valence-corrected chi connectivity index (χ4v) is 1.87. The minimum Gasteiger partial charge on any atom is -0.430 e. The van der Waals surface area contributed by atoms with E-state index in [2.05, 4.69) is 0 Å². The summed E-state index contributed by atoms with van der Waals surface area (Å²) in [6, 6.07) is -0.398. The maximum atomic E-state index is 11.1. The van der Waals surface area contributed by atoms with E-state index in [0.29, 0.717) is 5.92 Å². The van der Waals surface area contributed by atoms with E-state index in [9.17, 15) is 4.79 Å². The lowest BCUT2D eigenvalue weighted by atomic mass is 9.86. The van der Waals surface area contributed by atoms with Crippen molar-refractivity contribution in [3.05, 3.63) is 11.8 Å². The van der Waals surface area contributed by atoms with E-state index in [-0.39, 0.29) is 5.97 Å². The zero-order chi connectivity index (χ0) is 8.55. The van der Waals surface area contributed by atoms with E-state index in [0.717, 1.165) is 25.0 Å². The highest BCUT2D eigenvalue weighted by Crippen LogP contribution is 2.32. The summed E-state index contributed by atoms with van der Waals surface area (Å²) in [5, 5.41) is 0. The number of esters is 1. The van der Waals surface area contributed by atoms with E-state index >= 15 is 0 Å². The van der Waals surface area contributed by atoms with Crippen LogP contribution in [0.5, 0.6) is 0 Å². The predicted octanol–water partition coefficient (Wildman–Crippen LogP) is 0.945. The Morgan fingerprint density at radius 2 is 2.42 bits per heavy atom. The van der Waals surface area contributed by atoms with Gasteiger partial charge in [-0.1, -0.05) is 0 Å². The Hall–Kier alpha value is -0.830. The number of hydrogen-bond acceptors (Lipinski definition) is 3. The molecule has 0 saturated carbocycles. The van der Waals surface area contributed by atoms with E-state index in [4.69, 9.17) is 10.5 Å². The first kappa shape index (κ1) is 7.80. The van der Waals surface area contributed by atoms with Crippen molar-refractivity contribution in [1.82, 2.24) is 0 Å². The van der Waals surface area contributed by atoms with Gasteiger partial charge in [-0.3, -0.25) is 0 Å². The van der Waals surface area contributed by atoms with Gasteiger partial charge in [0, 0.05) is 5.92 Å². The second-order valence-corrected chi connectivity index (χ2v) is 3.50. The average Bonchev–Trinajstić information content (AvgIpc) is 2.07. The lowest BCUT2D eigenvalue weighted by molar-refractivity contribution is -0.145. The monoisotopic (exact) mass is 167 g/mol. The molecule has 2 aliphatic rings. The van der Waals surface area contributed by atoms with E-state index < -0.39 is 6.04 Å². The van der Waals surface area contributed by atoms with Gasteiger partial charge in [-0.15, -0.1) is 0 Å². The lowest BCUT2D eigenvalue weighted by Crippen LogP contribution is -2.40. The number of allylic oxidation sites excluding steroid dienone is 2. The van der Waals surface area contributed by atoms with Crippen molar-refractivity contribution in [2.24, 2.45) is 11.7 Å². The molecular formula is C9H13NO2. The molecule has 3 heteroatoms. The Morgan fingerprint density at radius 1 is 1.58 bits per heavy atom. The molecule has 2 atom stereocenters. The summed E-state index contributed by atoms with van der Waals surface area (Å²) in [7, 11) is 0. The molecule has 2 unspecified atom stereocenters. The van der Waals surface area contributed by atoms with Crippen LogP contribution in [0.3, 0.4) is 0 Å². The van der Waals surface area contributed by atoms with Gasteiger partial charge in [0.15, 0.2) is 0 Å². The summed E-state index contributed by atoms with van der Waals surface area (Å²) in [4.78, 5) is 11.1. The second-order valence-electron chi connectivity index (χ2n) is 3.50. The van der Waals surface area contributed by atoms with Gasteiger partial charge in [-0.05, 0) is 31.8 Å².